The Balaban J connectivity index is 0.000000152. The summed E-state index contributed by atoms with van der Waals surface area (Å²) in [6.07, 6.45) is 3.32. The lowest BCUT2D eigenvalue weighted by Gasteiger charge is -2.00. The van der Waals surface area contributed by atoms with Crippen LogP contribution in [0, 0.1) is 11.3 Å². The fraction of sp³-hybridized carbons (Fsp3) is 0. The van der Waals surface area contributed by atoms with E-state index in [1.165, 1.54) is 0 Å². The molecule has 3 aromatic heterocycles. The Hall–Kier alpha value is -4.00. The first-order valence-electron chi connectivity index (χ1n) is 8.88. The van der Waals surface area contributed by atoms with Gasteiger partial charge in [-0.1, -0.05) is 47.5 Å². The van der Waals surface area contributed by atoms with Crippen molar-refractivity contribution in [3.05, 3.63) is 76.7 Å². The fourth-order valence-electron chi connectivity index (χ4n) is 2.85. The van der Waals surface area contributed by atoms with Gasteiger partial charge in [-0.2, -0.15) is 20.7 Å². The van der Waals surface area contributed by atoms with Crippen LogP contribution in [0.4, 0.5) is 0 Å². The Bertz CT molecular complexity index is 1330. The van der Waals surface area contributed by atoms with E-state index < -0.39 is 0 Å². The van der Waals surface area contributed by atoms with Gasteiger partial charge in [-0.05, 0) is 40.6 Å². The summed E-state index contributed by atoms with van der Waals surface area (Å²) in [6, 6.07) is 16.8. The highest BCUT2D eigenvalue weighted by Gasteiger charge is 2.13. The molecule has 0 fully saturated rings. The van der Waals surface area contributed by atoms with Crippen LogP contribution in [0.2, 0.25) is 10.0 Å². The van der Waals surface area contributed by atoms with E-state index in [1.54, 1.807) is 24.5 Å². The standard InChI is InChI=1S/C10H7ClN6.C10H6ClN3/c11-7-3-1-2-6(4-7)8-5-12-13-9(8)10-14-16-17-15-10;11-8-3-1-2-7(4-8)9-6-13-14-10(9)5-12/h1-5H,(H,12,13)(H,14,15,16,17);1-4,6H,(H,13,14). The zero-order valence-electron chi connectivity index (χ0n) is 15.7. The Morgan fingerprint density at radius 2 is 1.48 bits per heavy atom. The van der Waals surface area contributed by atoms with Gasteiger partial charge in [-0.15, -0.1) is 10.2 Å². The average Bonchev–Trinajstić information content (AvgIpc) is 3.55. The fourth-order valence-corrected chi connectivity index (χ4v) is 3.23. The molecule has 5 rings (SSSR count). The molecule has 2 aromatic carbocycles. The maximum Gasteiger partial charge on any atom is 0.223 e. The Labute approximate surface area is 186 Å². The molecule has 11 heteroatoms. The molecule has 5 aromatic rings. The predicted octanol–water partition coefficient (Wildman–Crippen LogP) is 4.51. The molecule has 0 unspecified atom stereocenters. The van der Waals surface area contributed by atoms with E-state index in [0.29, 0.717) is 27.3 Å². The van der Waals surface area contributed by atoms with Crippen molar-refractivity contribution < 1.29 is 0 Å². The highest BCUT2D eigenvalue weighted by Crippen LogP contribution is 2.29. The van der Waals surface area contributed by atoms with Gasteiger partial charge in [0, 0.05) is 21.2 Å². The second-order valence-corrected chi connectivity index (χ2v) is 7.06. The number of aromatic amines is 3. The zero-order chi connectivity index (χ0) is 21.6. The summed E-state index contributed by atoms with van der Waals surface area (Å²) in [7, 11) is 0. The van der Waals surface area contributed by atoms with Gasteiger partial charge in [-0.3, -0.25) is 10.2 Å². The number of aromatic nitrogens is 8. The average molecular weight is 450 g/mol. The summed E-state index contributed by atoms with van der Waals surface area (Å²) >= 11 is 11.8. The molecule has 0 aliphatic carbocycles. The second kappa shape index (κ2) is 9.21. The van der Waals surface area contributed by atoms with Gasteiger partial charge >= 0.3 is 0 Å². The number of nitrogens with zero attached hydrogens (tertiary/aromatic N) is 6. The summed E-state index contributed by atoms with van der Waals surface area (Å²) in [6.45, 7) is 0. The Morgan fingerprint density at radius 1 is 0.839 bits per heavy atom. The lowest BCUT2D eigenvalue weighted by Crippen LogP contribution is -1.85. The van der Waals surface area contributed by atoms with Crippen molar-refractivity contribution in [3.63, 3.8) is 0 Å². The van der Waals surface area contributed by atoms with Crippen LogP contribution >= 0.6 is 23.2 Å². The third-order valence-corrected chi connectivity index (χ3v) is 4.70. The molecule has 152 valence electrons. The molecule has 0 aliphatic heterocycles. The van der Waals surface area contributed by atoms with Crippen LogP contribution in [0.5, 0.6) is 0 Å². The van der Waals surface area contributed by atoms with Crippen LogP contribution in [0.3, 0.4) is 0 Å². The van der Waals surface area contributed by atoms with Gasteiger partial charge in [0.1, 0.15) is 17.5 Å². The normalized spacial score (nSPS) is 10.2. The van der Waals surface area contributed by atoms with Crippen molar-refractivity contribution in [1.82, 2.24) is 41.0 Å². The number of nitriles is 1. The number of hydrogen-bond donors (Lipinski definition) is 3. The quantitative estimate of drug-likeness (QED) is 0.370. The maximum absolute atomic E-state index is 8.78. The van der Waals surface area contributed by atoms with Crippen molar-refractivity contribution >= 4 is 23.2 Å². The molecule has 31 heavy (non-hydrogen) atoms. The number of hydrogen-bond acceptors (Lipinski definition) is 6. The summed E-state index contributed by atoms with van der Waals surface area (Å²) in [5.41, 5.74) is 4.66. The summed E-state index contributed by atoms with van der Waals surface area (Å²) in [5, 5.41) is 37.1. The van der Waals surface area contributed by atoms with Crippen molar-refractivity contribution in [2.75, 3.05) is 0 Å². The summed E-state index contributed by atoms with van der Waals surface area (Å²) < 4.78 is 0. The number of halogens is 2. The molecule has 3 N–H and O–H groups in total. The largest absolute Gasteiger partial charge is 0.274 e. The Kier molecular flexibility index (Phi) is 6.03. The van der Waals surface area contributed by atoms with Gasteiger partial charge in [0.15, 0.2) is 0 Å². The first-order chi connectivity index (χ1) is 15.2. The molecule has 0 saturated carbocycles. The SMILES string of the molecule is Clc1cccc(-c2cn[nH]c2-c2nn[nH]n2)c1.N#Cc1[nH]ncc1-c1cccc(Cl)c1. The van der Waals surface area contributed by atoms with Crippen molar-refractivity contribution in [3.8, 4) is 39.8 Å². The van der Waals surface area contributed by atoms with Gasteiger partial charge in [0.05, 0.1) is 12.4 Å². The number of benzene rings is 2. The molecule has 0 radical (unpaired) electrons. The minimum Gasteiger partial charge on any atom is -0.274 e. The van der Waals surface area contributed by atoms with Crippen molar-refractivity contribution in [2.45, 2.75) is 0 Å². The van der Waals surface area contributed by atoms with Gasteiger partial charge in [0.2, 0.25) is 5.82 Å². The first-order valence-corrected chi connectivity index (χ1v) is 9.64. The number of H-pyrrole nitrogens is 3. The summed E-state index contributed by atoms with van der Waals surface area (Å²) in [4.78, 5) is 0. The third kappa shape index (κ3) is 4.61. The minimum absolute atomic E-state index is 0.451. The van der Waals surface area contributed by atoms with Crippen molar-refractivity contribution in [1.29, 1.82) is 5.26 Å². The predicted molar refractivity (Wildman–Crippen MR) is 116 cm³/mol. The van der Waals surface area contributed by atoms with E-state index in [2.05, 4.69) is 41.0 Å². The van der Waals surface area contributed by atoms with Gasteiger partial charge < -0.3 is 0 Å². The smallest absolute Gasteiger partial charge is 0.223 e. The zero-order valence-corrected chi connectivity index (χ0v) is 17.2. The van der Waals surface area contributed by atoms with Crippen LogP contribution in [-0.2, 0) is 0 Å². The third-order valence-electron chi connectivity index (χ3n) is 4.23. The molecule has 0 spiro atoms. The second-order valence-electron chi connectivity index (χ2n) is 6.19. The van der Waals surface area contributed by atoms with E-state index >= 15 is 0 Å². The van der Waals surface area contributed by atoms with E-state index in [0.717, 1.165) is 22.3 Å². The summed E-state index contributed by atoms with van der Waals surface area (Å²) in [5.74, 6) is 0.470. The molecular weight excluding hydrogens is 437 g/mol. The number of nitrogens with one attached hydrogen (secondary N) is 3. The van der Waals surface area contributed by atoms with E-state index in [9.17, 15) is 0 Å². The van der Waals surface area contributed by atoms with Gasteiger partial charge in [-0.25, -0.2) is 0 Å². The molecule has 0 saturated heterocycles. The highest BCUT2D eigenvalue weighted by molar-refractivity contribution is 6.31. The molecule has 3 heterocycles. The molecule has 0 atom stereocenters. The van der Waals surface area contributed by atoms with Crippen LogP contribution in [-0.4, -0.2) is 41.0 Å². The molecule has 9 nitrogen and oxygen atoms in total. The van der Waals surface area contributed by atoms with Crippen LogP contribution < -0.4 is 0 Å². The molecular formula is C20H13Cl2N9. The minimum atomic E-state index is 0.451. The van der Waals surface area contributed by atoms with Crippen LogP contribution in [0.15, 0.2) is 60.9 Å². The monoisotopic (exact) mass is 449 g/mol. The van der Waals surface area contributed by atoms with E-state index in [1.807, 2.05) is 42.5 Å². The lowest BCUT2D eigenvalue weighted by atomic mass is 10.1. The number of rotatable bonds is 3. The number of tetrazole rings is 1. The van der Waals surface area contributed by atoms with Crippen molar-refractivity contribution in [2.24, 2.45) is 0 Å². The van der Waals surface area contributed by atoms with E-state index in [-0.39, 0.29) is 0 Å². The van der Waals surface area contributed by atoms with Crippen LogP contribution in [0.1, 0.15) is 5.69 Å². The Morgan fingerprint density at radius 3 is 2.10 bits per heavy atom. The highest BCUT2D eigenvalue weighted by atomic mass is 35.5. The van der Waals surface area contributed by atoms with E-state index in [4.69, 9.17) is 28.5 Å². The lowest BCUT2D eigenvalue weighted by molar-refractivity contribution is 0.881. The topological polar surface area (TPSA) is 136 Å². The van der Waals surface area contributed by atoms with Gasteiger partial charge in [0.25, 0.3) is 0 Å². The first kappa shape index (κ1) is 20.3. The molecule has 0 bridgehead atoms. The maximum atomic E-state index is 8.78. The molecule has 0 amide bonds. The van der Waals surface area contributed by atoms with Crippen LogP contribution in [0.25, 0.3) is 33.8 Å². The molecule has 0 aliphatic rings.